The third-order valence-electron chi connectivity index (χ3n) is 2.34. The molecule has 0 radical (unpaired) electrons. The van der Waals surface area contributed by atoms with Crippen molar-refractivity contribution in [3.8, 4) is 10.7 Å². The zero-order valence-electron chi connectivity index (χ0n) is 9.69. The molecular formula is C12H15N3S. The maximum atomic E-state index is 4.58. The number of aromatic nitrogens is 2. The standard InChI is InChI=1S/C12H15N3S/c1-8(2)9-7-11(13-3)15-12(14-9)10-5-4-6-16-10/h4-8H,1-3H3,(H,13,14,15). The number of hydrogen-bond donors (Lipinski definition) is 1. The predicted octanol–water partition coefficient (Wildman–Crippen LogP) is 3.37. The van der Waals surface area contributed by atoms with E-state index in [0.29, 0.717) is 5.92 Å². The van der Waals surface area contributed by atoms with E-state index in [2.05, 4.69) is 29.1 Å². The monoisotopic (exact) mass is 233 g/mol. The summed E-state index contributed by atoms with van der Waals surface area (Å²) in [6, 6.07) is 6.07. The van der Waals surface area contributed by atoms with Crippen LogP contribution in [0.1, 0.15) is 25.5 Å². The van der Waals surface area contributed by atoms with Gasteiger partial charge in [-0.05, 0) is 17.4 Å². The van der Waals surface area contributed by atoms with Gasteiger partial charge in [0.05, 0.1) is 4.88 Å². The van der Waals surface area contributed by atoms with Gasteiger partial charge in [-0.25, -0.2) is 9.97 Å². The van der Waals surface area contributed by atoms with E-state index in [-0.39, 0.29) is 0 Å². The molecule has 84 valence electrons. The maximum Gasteiger partial charge on any atom is 0.171 e. The molecule has 2 aromatic heterocycles. The van der Waals surface area contributed by atoms with Crippen molar-refractivity contribution in [1.29, 1.82) is 0 Å². The zero-order chi connectivity index (χ0) is 11.5. The summed E-state index contributed by atoms with van der Waals surface area (Å²) in [5.74, 6) is 2.10. The van der Waals surface area contributed by atoms with Crippen LogP contribution in [-0.2, 0) is 0 Å². The molecule has 16 heavy (non-hydrogen) atoms. The lowest BCUT2D eigenvalue weighted by Crippen LogP contribution is -2.01. The highest BCUT2D eigenvalue weighted by atomic mass is 32.1. The number of rotatable bonds is 3. The van der Waals surface area contributed by atoms with Crippen LogP contribution in [0.4, 0.5) is 5.82 Å². The number of nitrogens with one attached hydrogen (secondary N) is 1. The number of thiophene rings is 1. The third-order valence-corrected chi connectivity index (χ3v) is 3.20. The predicted molar refractivity (Wildman–Crippen MR) is 69.0 cm³/mol. The Labute approximate surface area is 99.6 Å². The first kappa shape index (κ1) is 11.1. The van der Waals surface area contributed by atoms with Gasteiger partial charge < -0.3 is 5.32 Å². The molecule has 0 bridgehead atoms. The van der Waals surface area contributed by atoms with Crippen LogP contribution in [0.5, 0.6) is 0 Å². The second kappa shape index (κ2) is 4.61. The molecule has 2 rings (SSSR count). The first-order valence-electron chi connectivity index (χ1n) is 5.31. The van der Waals surface area contributed by atoms with Crippen LogP contribution in [0.2, 0.25) is 0 Å². The van der Waals surface area contributed by atoms with E-state index >= 15 is 0 Å². The highest BCUT2D eigenvalue weighted by molar-refractivity contribution is 7.13. The second-order valence-corrected chi connectivity index (χ2v) is 4.83. The fourth-order valence-corrected chi connectivity index (χ4v) is 2.06. The van der Waals surface area contributed by atoms with Crippen molar-refractivity contribution in [1.82, 2.24) is 9.97 Å². The highest BCUT2D eigenvalue weighted by Crippen LogP contribution is 2.24. The highest BCUT2D eigenvalue weighted by Gasteiger charge is 2.09. The molecule has 2 heterocycles. The van der Waals surface area contributed by atoms with Crippen molar-refractivity contribution in [2.24, 2.45) is 0 Å². The average molecular weight is 233 g/mol. The van der Waals surface area contributed by atoms with Crippen LogP contribution in [0.25, 0.3) is 10.7 Å². The van der Waals surface area contributed by atoms with Crippen molar-refractivity contribution < 1.29 is 0 Å². The Kier molecular flexibility index (Phi) is 3.19. The summed E-state index contributed by atoms with van der Waals surface area (Å²) in [6.45, 7) is 4.28. The SMILES string of the molecule is CNc1cc(C(C)C)nc(-c2cccs2)n1. The van der Waals surface area contributed by atoms with Gasteiger partial charge in [0.15, 0.2) is 5.82 Å². The maximum absolute atomic E-state index is 4.58. The van der Waals surface area contributed by atoms with Crippen molar-refractivity contribution in [2.45, 2.75) is 19.8 Å². The minimum atomic E-state index is 0.411. The minimum absolute atomic E-state index is 0.411. The van der Waals surface area contributed by atoms with Crippen molar-refractivity contribution in [3.63, 3.8) is 0 Å². The summed E-state index contributed by atoms with van der Waals surface area (Å²) in [6.07, 6.45) is 0. The molecule has 0 amide bonds. The Balaban J connectivity index is 2.49. The largest absolute Gasteiger partial charge is 0.373 e. The number of anilines is 1. The minimum Gasteiger partial charge on any atom is -0.373 e. The van der Waals surface area contributed by atoms with E-state index in [0.717, 1.165) is 22.2 Å². The van der Waals surface area contributed by atoms with Crippen LogP contribution < -0.4 is 5.32 Å². The molecule has 0 fully saturated rings. The molecule has 2 aromatic rings. The van der Waals surface area contributed by atoms with Gasteiger partial charge in [0.2, 0.25) is 0 Å². The van der Waals surface area contributed by atoms with E-state index in [1.165, 1.54) is 0 Å². The quantitative estimate of drug-likeness (QED) is 0.883. The van der Waals surface area contributed by atoms with Gasteiger partial charge in [-0.1, -0.05) is 19.9 Å². The summed E-state index contributed by atoms with van der Waals surface area (Å²) in [5.41, 5.74) is 1.07. The van der Waals surface area contributed by atoms with Gasteiger partial charge in [0.1, 0.15) is 5.82 Å². The lowest BCUT2D eigenvalue weighted by molar-refractivity contribution is 0.818. The normalized spacial score (nSPS) is 10.8. The molecule has 1 N–H and O–H groups in total. The summed E-state index contributed by atoms with van der Waals surface area (Å²) >= 11 is 1.66. The van der Waals surface area contributed by atoms with E-state index in [1.54, 1.807) is 11.3 Å². The molecule has 0 aliphatic rings. The van der Waals surface area contributed by atoms with Crippen LogP contribution in [0, 0.1) is 0 Å². The van der Waals surface area contributed by atoms with Crippen LogP contribution in [-0.4, -0.2) is 17.0 Å². The summed E-state index contributed by atoms with van der Waals surface area (Å²) in [4.78, 5) is 10.2. The molecule has 0 aliphatic heterocycles. The molecule has 0 spiro atoms. The van der Waals surface area contributed by atoms with Gasteiger partial charge in [0.25, 0.3) is 0 Å². The Morgan fingerprint density at radius 3 is 2.69 bits per heavy atom. The summed E-state index contributed by atoms with van der Waals surface area (Å²) in [5, 5.41) is 5.12. The molecule has 0 aromatic carbocycles. The summed E-state index contributed by atoms with van der Waals surface area (Å²) in [7, 11) is 1.88. The van der Waals surface area contributed by atoms with Crippen molar-refractivity contribution in [2.75, 3.05) is 12.4 Å². The molecule has 0 aliphatic carbocycles. The van der Waals surface area contributed by atoms with E-state index < -0.39 is 0 Å². The Hall–Kier alpha value is -1.42. The summed E-state index contributed by atoms with van der Waals surface area (Å²) < 4.78 is 0. The van der Waals surface area contributed by atoms with E-state index in [9.17, 15) is 0 Å². The topological polar surface area (TPSA) is 37.8 Å². The average Bonchev–Trinajstić information content (AvgIpc) is 2.81. The van der Waals surface area contributed by atoms with Gasteiger partial charge in [-0.15, -0.1) is 11.3 Å². The van der Waals surface area contributed by atoms with E-state index in [1.807, 2.05) is 30.6 Å². The third kappa shape index (κ3) is 2.22. The Morgan fingerprint density at radius 2 is 2.12 bits per heavy atom. The van der Waals surface area contributed by atoms with Gasteiger partial charge in [-0.2, -0.15) is 0 Å². The molecule has 3 nitrogen and oxygen atoms in total. The first-order chi connectivity index (χ1) is 7.70. The molecule has 0 saturated carbocycles. The first-order valence-corrected chi connectivity index (χ1v) is 6.19. The Bertz CT molecular complexity index is 463. The smallest absolute Gasteiger partial charge is 0.171 e. The van der Waals surface area contributed by atoms with Crippen LogP contribution >= 0.6 is 11.3 Å². The Morgan fingerprint density at radius 1 is 1.31 bits per heavy atom. The van der Waals surface area contributed by atoms with Gasteiger partial charge in [0, 0.05) is 18.8 Å². The number of hydrogen-bond acceptors (Lipinski definition) is 4. The molecule has 4 heteroatoms. The lowest BCUT2D eigenvalue weighted by Gasteiger charge is -2.08. The second-order valence-electron chi connectivity index (χ2n) is 3.88. The van der Waals surface area contributed by atoms with Gasteiger partial charge in [-0.3, -0.25) is 0 Å². The lowest BCUT2D eigenvalue weighted by atomic mass is 10.1. The molecule has 0 saturated heterocycles. The zero-order valence-corrected chi connectivity index (χ0v) is 10.5. The fourth-order valence-electron chi connectivity index (χ4n) is 1.41. The van der Waals surface area contributed by atoms with Gasteiger partial charge >= 0.3 is 0 Å². The van der Waals surface area contributed by atoms with Crippen molar-refractivity contribution >= 4 is 17.2 Å². The van der Waals surface area contributed by atoms with E-state index in [4.69, 9.17) is 0 Å². The molecule has 0 unspecified atom stereocenters. The number of nitrogens with zero attached hydrogens (tertiary/aromatic N) is 2. The van der Waals surface area contributed by atoms with Crippen LogP contribution in [0.3, 0.4) is 0 Å². The molecular weight excluding hydrogens is 218 g/mol. The van der Waals surface area contributed by atoms with Crippen molar-refractivity contribution in [3.05, 3.63) is 29.3 Å². The molecule has 0 atom stereocenters. The fraction of sp³-hybridized carbons (Fsp3) is 0.333. The van der Waals surface area contributed by atoms with Crippen LogP contribution in [0.15, 0.2) is 23.6 Å².